The summed E-state index contributed by atoms with van der Waals surface area (Å²) < 4.78 is 13.9. The highest BCUT2D eigenvalue weighted by Gasteiger charge is 2.11. The second-order valence-corrected chi connectivity index (χ2v) is 5.65. The molecule has 100 valence electrons. The number of hydrogen-bond donors (Lipinski definition) is 1. The van der Waals surface area contributed by atoms with Crippen LogP contribution in [-0.2, 0) is 12.8 Å². The Labute approximate surface area is 125 Å². The van der Waals surface area contributed by atoms with Crippen molar-refractivity contribution in [3.63, 3.8) is 0 Å². The molecule has 0 amide bonds. The van der Waals surface area contributed by atoms with Crippen LogP contribution >= 0.6 is 27.5 Å². The Morgan fingerprint density at radius 2 is 1.79 bits per heavy atom. The number of aliphatic hydroxyl groups is 1. The zero-order chi connectivity index (χ0) is 13.8. The highest BCUT2D eigenvalue weighted by molar-refractivity contribution is 9.10. The van der Waals surface area contributed by atoms with Crippen LogP contribution in [0.4, 0.5) is 4.39 Å². The van der Waals surface area contributed by atoms with Gasteiger partial charge in [-0.25, -0.2) is 4.39 Å². The molecule has 0 radical (unpaired) electrons. The van der Waals surface area contributed by atoms with Crippen molar-refractivity contribution in [3.8, 4) is 0 Å². The maximum Gasteiger partial charge on any atom is 0.124 e. The van der Waals surface area contributed by atoms with Gasteiger partial charge >= 0.3 is 0 Å². The Balaban J connectivity index is 2.05. The molecule has 0 heterocycles. The van der Waals surface area contributed by atoms with Gasteiger partial charge in [0.1, 0.15) is 5.82 Å². The topological polar surface area (TPSA) is 20.2 Å². The fourth-order valence-electron chi connectivity index (χ4n) is 1.93. The second kappa shape index (κ2) is 6.51. The third kappa shape index (κ3) is 4.03. The van der Waals surface area contributed by atoms with Gasteiger partial charge in [0.25, 0.3) is 0 Å². The summed E-state index contributed by atoms with van der Waals surface area (Å²) in [5.41, 5.74) is 1.79. The van der Waals surface area contributed by atoms with E-state index in [1.165, 1.54) is 12.1 Å². The largest absolute Gasteiger partial charge is 0.392 e. The second-order valence-electron chi connectivity index (χ2n) is 4.39. The zero-order valence-electron chi connectivity index (χ0n) is 10.1. The van der Waals surface area contributed by atoms with Gasteiger partial charge in [0, 0.05) is 15.9 Å². The highest BCUT2D eigenvalue weighted by Crippen LogP contribution is 2.22. The molecule has 0 aliphatic rings. The Kier molecular flexibility index (Phi) is 4.97. The minimum Gasteiger partial charge on any atom is -0.392 e. The molecule has 0 fully saturated rings. The van der Waals surface area contributed by atoms with Crippen molar-refractivity contribution in [3.05, 3.63) is 68.9 Å². The average molecular weight is 344 g/mol. The molecular formula is C15H13BrClFO. The molecule has 1 nitrogen and oxygen atoms in total. The first-order valence-electron chi connectivity index (χ1n) is 5.91. The van der Waals surface area contributed by atoms with Crippen molar-refractivity contribution in [1.82, 2.24) is 0 Å². The number of hydrogen-bond acceptors (Lipinski definition) is 1. The third-order valence-electron chi connectivity index (χ3n) is 2.88. The molecule has 19 heavy (non-hydrogen) atoms. The van der Waals surface area contributed by atoms with Crippen LogP contribution < -0.4 is 0 Å². The fourth-order valence-corrected chi connectivity index (χ4v) is 2.62. The van der Waals surface area contributed by atoms with E-state index in [1.54, 1.807) is 6.07 Å². The van der Waals surface area contributed by atoms with Crippen LogP contribution in [-0.4, -0.2) is 11.2 Å². The number of benzene rings is 2. The van der Waals surface area contributed by atoms with E-state index in [9.17, 15) is 9.50 Å². The number of halogens is 3. The van der Waals surface area contributed by atoms with E-state index in [0.29, 0.717) is 17.9 Å². The highest BCUT2D eigenvalue weighted by atomic mass is 79.9. The minimum absolute atomic E-state index is 0.353. The smallest absolute Gasteiger partial charge is 0.124 e. The molecule has 2 aromatic carbocycles. The Morgan fingerprint density at radius 3 is 2.47 bits per heavy atom. The fraction of sp³-hybridized carbons (Fsp3) is 0.200. The molecule has 0 aliphatic carbocycles. The third-order valence-corrected chi connectivity index (χ3v) is 4.01. The normalized spacial score (nSPS) is 12.4. The van der Waals surface area contributed by atoms with Crippen LogP contribution in [0.5, 0.6) is 0 Å². The molecule has 0 saturated carbocycles. The molecule has 1 unspecified atom stereocenters. The zero-order valence-corrected chi connectivity index (χ0v) is 12.5. The van der Waals surface area contributed by atoms with E-state index in [2.05, 4.69) is 15.9 Å². The molecule has 0 aliphatic heterocycles. The molecule has 0 bridgehead atoms. The standard InChI is InChI=1S/C15H13BrClFO/c16-14-4-2-1-3-10(14)7-13(19)8-11-5-6-12(18)9-15(11)17/h1-6,9,13,19H,7-8H2. The maximum absolute atomic E-state index is 12.9. The van der Waals surface area contributed by atoms with E-state index in [0.717, 1.165) is 15.6 Å². The Morgan fingerprint density at radius 1 is 1.11 bits per heavy atom. The SMILES string of the molecule is OC(Cc1ccc(F)cc1Cl)Cc1ccccc1Br. The van der Waals surface area contributed by atoms with Crippen LogP contribution in [0.2, 0.25) is 5.02 Å². The molecule has 2 rings (SSSR count). The molecule has 4 heteroatoms. The summed E-state index contributed by atoms with van der Waals surface area (Å²) in [5, 5.41) is 10.5. The van der Waals surface area contributed by atoms with Crippen molar-refractivity contribution in [1.29, 1.82) is 0 Å². The van der Waals surface area contributed by atoms with E-state index in [-0.39, 0.29) is 5.82 Å². The molecule has 0 spiro atoms. The molecule has 1 atom stereocenters. The first kappa shape index (κ1) is 14.5. The lowest BCUT2D eigenvalue weighted by atomic mass is 10.0. The van der Waals surface area contributed by atoms with Gasteiger partial charge in [0.2, 0.25) is 0 Å². The lowest BCUT2D eigenvalue weighted by Crippen LogP contribution is -2.14. The maximum atomic E-state index is 12.9. The predicted octanol–water partition coefficient (Wildman–Crippen LogP) is 4.39. The first-order valence-corrected chi connectivity index (χ1v) is 7.09. The summed E-state index contributed by atoms with van der Waals surface area (Å²) in [5.74, 6) is -0.367. The van der Waals surface area contributed by atoms with Crippen molar-refractivity contribution in [2.45, 2.75) is 18.9 Å². The van der Waals surface area contributed by atoms with E-state index < -0.39 is 6.10 Å². The quantitative estimate of drug-likeness (QED) is 0.873. The minimum atomic E-state index is -0.554. The van der Waals surface area contributed by atoms with Crippen molar-refractivity contribution in [2.75, 3.05) is 0 Å². The Bertz CT molecular complexity index is 574. The summed E-state index contributed by atoms with van der Waals surface area (Å²) in [6.45, 7) is 0. The van der Waals surface area contributed by atoms with Gasteiger partial charge < -0.3 is 5.11 Å². The number of rotatable bonds is 4. The molecule has 0 aromatic heterocycles. The summed E-state index contributed by atoms with van der Waals surface area (Å²) in [6.07, 6.45) is 0.372. The Hall–Kier alpha value is -0.900. The van der Waals surface area contributed by atoms with Gasteiger partial charge in [0.05, 0.1) is 6.10 Å². The number of aliphatic hydroxyl groups excluding tert-OH is 1. The molecule has 2 aromatic rings. The van der Waals surface area contributed by atoms with Crippen molar-refractivity contribution in [2.24, 2.45) is 0 Å². The van der Waals surface area contributed by atoms with Crippen LogP contribution in [0, 0.1) is 5.82 Å². The van der Waals surface area contributed by atoms with Gasteiger partial charge in [-0.3, -0.25) is 0 Å². The van der Waals surface area contributed by atoms with Crippen molar-refractivity contribution >= 4 is 27.5 Å². The van der Waals surface area contributed by atoms with Gasteiger partial charge in [-0.15, -0.1) is 0 Å². The summed E-state index contributed by atoms with van der Waals surface area (Å²) >= 11 is 9.39. The van der Waals surface area contributed by atoms with Gasteiger partial charge in [-0.05, 0) is 35.7 Å². The summed E-state index contributed by atoms with van der Waals surface area (Å²) in [7, 11) is 0. The van der Waals surface area contributed by atoms with E-state index in [4.69, 9.17) is 11.6 Å². The van der Waals surface area contributed by atoms with E-state index >= 15 is 0 Å². The van der Waals surface area contributed by atoms with Crippen LogP contribution in [0.3, 0.4) is 0 Å². The summed E-state index contributed by atoms with van der Waals surface area (Å²) in [6, 6.07) is 12.0. The monoisotopic (exact) mass is 342 g/mol. The predicted molar refractivity (Wildman–Crippen MR) is 79.0 cm³/mol. The van der Waals surface area contributed by atoms with Crippen LogP contribution in [0.15, 0.2) is 46.9 Å². The van der Waals surface area contributed by atoms with Crippen LogP contribution in [0.1, 0.15) is 11.1 Å². The van der Waals surface area contributed by atoms with Gasteiger partial charge in [-0.2, -0.15) is 0 Å². The molecular weight excluding hydrogens is 331 g/mol. The first-order chi connectivity index (χ1) is 9.06. The van der Waals surface area contributed by atoms with Crippen LogP contribution in [0.25, 0.3) is 0 Å². The van der Waals surface area contributed by atoms with Gasteiger partial charge in [-0.1, -0.05) is 51.8 Å². The summed E-state index contributed by atoms with van der Waals surface area (Å²) in [4.78, 5) is 0. The molecule has 0 saturated heterocycles. The average Bonchev–Trinajstić information content (AvgIpc) is 2.36. The lowest BCUT2D eigenvalue weighted by molar-refractivity contribution is 0.175. The van der Waals surface area contributed by atoms with Gasteiger partial charge in [0.15, 0.2) is 0 Å². The van der Waals surface area contributed by atoms with E-state index in [1.807, 2.05) is 24.3 Å². The lowest BCUT2D eigenvalue weighted by Gasteiger charge is -2.13. The molecule has 1 N–H and O–H groups in total. The van der Waals surface area contributed by atoms with Crippen molar-refractivity contribution < 1.29 is 9.50 Å².